The summed E-state index contributed by atoms with van der Waals surface area (Å²) < 4.78 is 23.3. The molecule has 10 heteroatoms. The molecule has 1 saturated heterocycles. The SMILES string of the molecule is COc1ccc2c3c1O[C@H]1C(OC(=O)CCC(=O)N[C@H](C(=O)OC(C)(C)C)C(C)C)=CC[C@@]4(O)C(C2)NCC[C@]314. The molecular formula is C30H40N2O8. The molecule has 1 aromatic rings. The summed E-state index contributed by atoms with van der Waals surface area (Å²) in [6.07, 6.45) is 2.28. The lowest BCUT2D eigenvalue weighted by atomic mass is 9.50. The summed E-state index contributed by atoms with van der Waals surface area (Å²) >= 11 is 0. The van der Waals surface area contributed by atoms with Gasteiger partial charge in [-0.1, -0.05) is 19.9 Å². The highest BCUT2D eigenvalue weighted by Gasteiger charge is 2.71. The number of carbonyl (C=O) groups is 3. The maximum atomic E-state index is 13.0. The summed E-state index contributed by atoms with van der Waals surface area (Å²) in [5.74, 6) is -0.228. The van der Waals surface area contributed by atoms with E-state index in [9.17, 15) is 19.5 Å². The van der Waals surface area contributed by atoms with E-state index in [1.54, 1.807) is 34.0 Å². The maximum absolute atomic E-state index is 13.0. The average Bonchev–Trinajstić information content (AvgIpc) is 3.21. The maximum Gasteiger partial charge on any atom is 0.329 e. The standard InChI is InChI=1S/C30H40N2O8/c1-16(2)24(27(35)40-28(3,4)5)32-21(33)9-10-22(34)38-19-11-12-30(36)20-15-17-7-8-18(37-6)25-23(17)29(30,13-14-31-20)26(19)39-25/h7-8,11,16,20,24,26,31,36H,9-10,12-15H2,1-6H3,(H,32,33)/t20?,24-,26-,29-,30+/m0/s1. The third-order valence-electron chi connectivity index (χ3n) is 8.54. The smallest absolute Gasteiger partial charge is 0.329 e. The third kappa shape index (κ3) is 4.55. The molecule has 1 spiro atoms. The number of hydrogen-bond acceptors (Lipinski definition) is 9. The Kier molecular flexibility index (Phi) is 7.15. The van der Waals surface area contributed by atoms with Gasteiger partial charge in [0, 0.05) is 24.4 Å². The van der Waals surface area contributed by atoms with Gasteiger partial charge in [0.1, 0.15) is 17.4 Å². The second-order valence-electron chi connectivity index (χ2n) is 12.6. The van der Waals surface area contributed by atoms with Crippen LogP contribution in [0.25, 0.3) is 0 Å². The predicted molar refractivity (Wildman–Crippen MR) is 145 cm³/mol. The third-order valence-corrected chi connectivity index (χ3v) is 8.54. The largest absolute Gasteiger partial charge is 0.493 e. The Bertz CT molecular complexity index is 1250. The van der Waals surface area contributed by atoms with Crippen LogP contribution in [-0.4, -0.2) is 66.0 Å². The van der Waals surface area contributed by atoms with E-state index in [1.165, 1.54) is 0 Å². The second kappa shape index (κ2) is 10.1. The number of amides is 1. The monoisotopic (exact) mass is 556 g/mol. The normalized spacial score (nSPS) is 28.6. The molecule has 4 aliphatic rings. The van der Waals surface area contributed by atoms with Crippen LogP contribution < -0.4 is 20.1 Å². The minimum Gasteiger partial charge on any atom is -0.493 e. The Morgan fingerprint density at radius 3 is 2.65 bits per heavy atom. The Morgan fingerprint density at radius 1 is 1.23 bits per heavy atom. The van der Waals surface area contributed by atoms with Crippen molar-refractivity contribution in [3.63, 3.8) is 0 Å². The highest BCUT2D eigenvalue weighted by atomic mass is 16.6. The fourth-order valence-corrected chi connectivity index (χ4v) is 6.78. The van der Waals surface area contributed by atoms with Crippen molar-refractivity contribution in [1.29, 1.82) is 0 Å². The molecule has 1 unspecified atom stereocenters. The topological polar surface area (TPSA) is 132 Å². The molecule has 3 N–H and O–H groups in total. The van der Waals surface area contributed by atoms with Crippen LogP contribution in [0.2, 0.25) is 0 Å². The van der Waals surface area contributed by atoms with Crippen molar-refractivity contribution in [2.24, 2.45) is 5.92 Å². The van der Waals surface area contributed by atoms with Crippen LogP contribution >= 0.6 is 0 Å². The van der Waals surface area contributed by atoms with Crippen molar-refractivity contribution in [3.8, 4) is 11.5 Å². The van der Waals surface area contributed by atoms with Gasteiger partial charge in [0.15, 0.2) is 17.6 Å². The quantitative estimate of drug-likeness (QED) is 0.413. The molecule has 2 bridgehead atoms. The molecular weight excluding hydrogens is 516 g/mol. The van der Waals surface area contributed by atoms with Crippen molar-refractivity contribution in [2.45, 2.75) is 102 Å². The van der Waals surface area contributed by atoms with Crippen LogP contribution in [0.15, 0.2) is 24.0 Å². The minimum absolute atomic E-state index is 0.150. The van der Waals surface area contributed by atoms with Gasteiger partial charge in [-0.2, -0.15) is 0 Å². The molecule has 10 nitrogen and oxygen atoms in total. The van der Waals surface area contributed by atoms with E-state index in [4.69, 9.17) is 18.9 Å². The highest BCUT2D eigenvalue weighted by Crippen LogP contribution is 2.64. The Labute approximate surface area is 234 Å². The lowest BCUT2D eigenvalue weighted by Gasteiger charge is -2.59. The number of aliphatic hydroxyl groups is 1. The van der Waals surface area contributed by atoms with Crippen molar-refractivity contribution < 1.29 is 38.4 Å². The van der Waals surface area contributed by atoms with Gasteiger partial charge in [-0.3, -0.25) is 9.59 Å². The molecule has 1 amide bonds. The molecule has 2 heterocycles. The lowest BCUT2D eigenvalue weighted by molar-refractivity contribution is -0.160. The van der Waals surface area contributed by atoms with E-state index in [-0.39, 0.29) is 24.8 Å². The zero-order valence-corrected chi connectivity index (χ0v) is 24.1. The van der Waals surface area contributed by atoms with Crippen molar-refractivity contribution >= 4 is 17.8 Å². The summed E-state index contributed by atoms with van der Waals surface area (Å²) in [6.45, 7) is 9.62. The van der Waals surface area contributed by atoms with Gasteiger partial charge in [0.2, 0.25) is 5.91 Å². The molecule has 0 saturated carbocycles. The van der Waals surface area contributed by atoms with Crippen LogP contribution in [0.3, 0.4) is 0 Å². The van der Waals surface area contributed by atoms with Gasteiger partial charge < -0.3 is 34.7 Å². The summed E-state index contributed by atoms with van der Waals surface area (Å²) in [5.41, 5.74) is -0.532. The Hall–Kier alpha value is -3.11. The van der Waals surface area contributed by atoms with Crippen LogP contribution in [0.4, 0.5) is 0 Å². The number of hydrogen-bond donors (Lipinski definition) is 3. The number of benzene rings is 1. The van der Waals surface area contributed by atoms with Crippen LogP contribution in [0.5, 0.6) is 11.5 Å². The molecule has 5 rings (SSSR count). The molecule has 5 atom stereocenters. The summed E-state index contributed by atoms with van der Waals surface area (Å²) in [6, 6.07) is 2.91. The van der Waals surface area contributed by atoms with Gasteiger partial charge in [0.05, 0.1) is 24.5 Å². The van der Waals surface area contributed by atoms with Crippen molar-refractivity contribution in [2.75, 3.05) is 13.7 Å². The highest BCUT2D eigenvalue weighted by molar-refractivity contribution is 5.87. The number of nitrogens with one attached hydrogen (secondary N) is 2. The molecule has 2 aliphatic carbocycles. The van der Waals surface area contributed by atoms with E-state index in [0.29, 0.717) is 43.1 Å². The van der Waals surface area contributed by atoms with Gasteiger partial charge in [0.25, 0.3) is 0 Å². The number of carbonyl (C=O) groups excluding carboxylic acids is 3. The number of rotatable bonds is 8. The fraction of sp³-hybridized carbons (Fsp3) is 0.633. The van der Waals surface area contributed by atoms with Crippen LogP contribution in [0, 0.1) is 5.92 Å². The zero-order valence-electron chi connectivity index (χ0n) is 24.1. The van der Waals surface area contributed by atoms with E-state index in [1.807, 2.05) is 26.0 Å². The Morgan fingerprint density at radius 2 is 1.98 bits per heavy atom. The van der Waals surface area contributed by atoms with Gasteiger partial charge >= 0.3 is 11.9 Å². The second-order valence-corrected chi connectivity index (χ2v) is 12.6. The van der Waals surface area contributed by atoms with Crippen LogP contribution in [-0.2, 0) is 35.7 Å². The zero-order chi connectivity index (χ0) is 29.0. The predicted octanol–water partition coefficient (Wildman–Crippen LogP) is 2.44. The van der Waals surface area contributed by atoms with E-state index in [0.717, 1.165) is 11.1 Å². The molecule has 0 aromatic heterocycles. The first-order chi connectivity index (χ1) is 18.8. The number of ether oxygens (including phenoxy) is 4. The van der Waals surface area contributed by atoms with Gasteiger partial charge in [-0.05, 0) is 63.8 Å². The summed E-state index contributed by atoms with van der Waals surface area (Å²) in [7, 11) is 1.58. The first-order valence-corrected chi connectivity index (χ1v) is 14.1. The van der Waals surface area contributed by atoms with Gasteiger partial charge in [-0.25, -0.2) is 4.79 Å². The van der Waals surface area contributed by atoms with E-state index >= 15 is 0 Å². The molecule has 2 aliphatic heterocycles. The molecule has 218 valence electrons. The van der Waals surface area contributed by atoms with Crippen molar-refractivity contribution in [3.05, 3.63) is 35.1 Å². The molecule has 1 aromatic carbocycles. The summed E-state index contributed by atoms with van der Waals surface area (Å²) in [5, 5.41) is 18.3. The van der Waals surface area contributed by atoms with E-state index < -0.39 is 46.6 Å². The van der Waals surface area contributed by atoms with Gasteiger partial charge in [-0.15, -0.1) is 0 Å². The first-order valence-electron chi connectivity index (χ1n) is 14.1. The van der Waals surface area contributed by atoms with Crippen molar-refractivity contribution in [1.82, 2.24) is 10.6 Å². The number of methoxy groups -OCH3 is 1. The molecule has 1 fully saturated rings. The molecule has 40 heavy (non-hydrogen) atoms. The molecule has 0 radical (unpaired) electrons. The minimum atomic E-state index is -1.11. The van der Waals surface area contributed by atoms with Crippen LogP contribution in [0.1, 0.15) is 71.4 Å². The summed E-state index contributed by atoms with van der Waals surface area (Å²) in [4.78, 5) is 38.2. The lowest BCUT2D eigenvalue weighted by Crippen LogP contribution is -2.74. The van der Waals surface area contributed by atoms with E-state index in [2.05, 4.69) is 10.6 Å². The average molecular weight is 557 g/mol. The fourth-order valence-electron chi connectivity index (χ4n) is 6.78. The Balaban J connectivity index is 1.29. The number of esters is 2. The number of piperidine rings is 1. The first kappa shape index (κ1) is 28.4.